The minimum atomic E-state index is -0.122. The van der Waals surface area contributed by atoms with Gasteiger partial charge in [0.2, 0.25) is 0 Å². The zero-order valence-corrected chi connectivity index (χ0v) is 15.8. The van der Waals surface area contributed by atoms with Gasteiger partial charge in [-0.1, -0.05) is 30.3 Å². The van der Waals surface area contributed by atoms with Gasteiger partial charge in [0, 0.05) is 30.8 Å². The third-order valence-electron chi connectivity index (χ3n) is 4.96. The molecule has 0 aliphatic heterocycles. The van der Waals surface area contributed by atoms with Crippen LogP contribution in [0.25, 0.3) is 0 Å². The first kappa shape index (κ1) is 17.8. The average molecular weight is 383 g/mol. The molecule has 8 heteroatoms. The molecule has 0 radical (unpaired) electrons. The number of benzene rings is 1. The van der Waals surface area contributed by atoms with Crippen molar-refractivity contribution in [2.24, 2.45) is 7.05 Å². The Hall–Kier alpha value is -2.58. The predicted molar refractivity (Wildman–Crippen MR) is 102 cm³/mol. The lowest BCUT2D eigenvalue weighted by molar-refractivity contribution is 0.0902. The molecule has 2 heterocycles. The fraction of sp³-hybridized carbons (Fsp3) is 0.368. The van der Waals surface area contributed by atoms with Crippen LogP contribution < -0.4 is 5.32 Å². The van der Waals surface area contributed by atoms with Gasteiger partial charge in [-0.15, -0.1) is 21.5 Å². The molecule has 0 atom stereocenters. The highest BCUT2D eigenvalue weighted by atomic mass is 32.1. The molecule has 140 valence electrons. The van der Waals surface area contributed by atoms with Crippen molar-refractivity contribution in [1.82, 2.24) is 25.1 Å². The lowest BCUT2D eigenvalue weighted by Gasteiger charge is -2.34. The number of carbonyl (C=O) groups excluding carboxylic acids is 1. The Morgan fingerprint density at radius 3 is 2.78 bits per heavy atom. The summed E-state index contributed by atoms with van der Waals surface area (Å²) in [4.78, 5) is 16.9. The van der Waals surface area contributed by atoms with Crippen LogP contribution >= 0.6 is 11.3 Å². The van der Waals surface area contributed by atoms with Crippen molar-refractivity contribution in [3.05, 3.63) is 63.6 Å². The van der Waals surface area contributed by atoms with Gasteiger partial charge in [0.15, 0.2) is 5.82 Å². The second kappa shape index (κ2) is 7.58. The fourth-order valence-electron chi connectivity index (χ4n) is 3.34. The molecule has 1 fully saturated rings. The number of aromatic nitrogens is 4. The number of hydrogen-bond donors (Lipinski definition) is 2. The van der Waals surface area contributed by atoms with Crippen molar-refractivity contribution in [2.75, 3.05) is 0 Å². The first-order chi connectivity index (χ1) is 13.1. The summed E-state index contributed by atoms with van der Waals surface area (Å²) < 4.78 is 1.83. The highest BCUT2D eigenvalue weighted by Gasteiger charge is 2.35. The summed E-state index contributed by atoms with van der Waals surface area (Å²) in [5.74, 6) is 1.56. The van der Waals surface area contributed by atoms with Crippen LogP contribution in [0.5, 0.6) is 0 Å². The molecule has 1 aliphatic carbocycles. The van der Waals surface area contributed by atoms with Gasteiger partial charge >= 0.3 is 0 Å². The van der Waals surface area contributed by atoms with E-state index in [1.807, 2.05) is 35.2 Å². The minimum Gasteiger partial charge on any atom is -0.388 e. The lowest BCUT2D eigenvalue weighted by Crippen LogP contribution is -2.44. The quantitative estimate of drug-likeness (QED) is 0.679. The van der Waals surface area contributed by atoms with Crippen LogP contribution in [0.15, 0.2) is 35.7 Å². The summed E-state index contributed by atoms with van der Waals surface area (Å²) in [6.45, 7) is -0.120. The first-order valence-corrected chi connectivity index (χ1v) is 9.80. The van der Waals surface area contributed by atoms with Gasteiger partial charge in [0.1, 0.15) is 18.1 Å². The van der Waals surface area contributed by atoms with E-state index >= 15 is 0 Å². The molecule has 2 aromatic heterocycles. The summed E-state index contributed by atoms with van der Waals surface area (Å²) in [7, 11) is 1.86. The van der Waals surface area contributed by atoms with E-state index in [4.69, 9.17) is 0 Å². The molecule has 1 aliphatic rings. The molecule has 27 heavy (non-hydrogen) atoms. The zero-order valence-electron chi connectivity index (χ0n) is 15.0. The Labute approximate surface area is 161 Å². The zero-order chi connectivity index (χ0) is 18.8. The average Bonchev–Trinajstić information content (AvgIpc) is 3.25. The maximum absolute atomic E-state index is 12.4. The van der Waals surface area contributed by atoms with Gasteiger partial charge in [-0.2, -0.15) is 0 Å². The second-order valence-corrected chi connectivity index (χ2v) is 7.76. The van der Waals surface area contributed by atoms with E-state index < -0.39 is 0 Å². The largest absolute Gasteiger partial charge is 0.388 e. The molecule has 1 aromatic carbocycles. The molecule has 0 spiro atoms. The molecule has 1 amide bonds. The van der Waals surface area contributed by atoms with Gasteiger partial charge in [-0.3, -0.25) is 4.79 Å². The number of amides is 1. The third-order valence-corrected chi connectivity index (χ3v) is 5.81. The van der Waals surface area contributed by atoms with E-state index in [9.17, 15) is 9.90 Å². The van der Waals surface area contributed by atoms with Crippen LogP contribution in [-0.2, 0) is 20.1 Å². The number of rotatable bonds is 6. The van der Waals surface area contributed by atoms with E-state index in [1.54, 1.807) is 0 Å². The van der Waals surface area contributed by atoms with Crippen molar-refractivity contribution in [2.45, 2.75) is 37.8 Å². The summed E-state index contributed by atoms with van der Waals surface area (Å²) >= 11 is 1.51. The summed E-state index contributed by atoms with van der Waals surface area (Å²) in [6.07, 6.45) is 2.39. The number of nitrogens with zero attached hydrogens (tertiary/aromatic N) is 4. The predicted octanol–water partition coefficient (Wildman–Crippen LogP) is 2.03. The van der Waals surface area contributed by atoms with Crippen LogP contribution in [0.4, 0.5) is 0 Å². The Kier molecular flexibility index (Phi) is 5.00. The van der Waals surface area contributed by atoms with E-state index in [0.717, 1.165) is 30.1 Å². The van der Waals surface area contributed by atoms with Crippen molar-refractivity contribution in [1.29, 1.82) is 0 Å². The summed E-state index contributed by atoms with van der Waals surface area (Å²) in [5.41, 5.74) is 1.67. The van der Waals surface area contributed by atoms with Gasteiger partial charge in [0.05, 0.1) is 5.01 Å². The smallest absolute Gasteiger partial charge is 0.270 e. The molecule has 3 aromatic rings. The molecular weight excluding hydrogens is 362 g/mol. The molecular formula is C19H21N5O2S. The molecule has 0 bridgehead atoms. The number of aliphatic hydroxyl groups is 1. The third kappa shape index (κ3) is 3.77. The van der Waals surface area contributed by atoms with E-state index in [2.05, 4.69) is 32.6 Å². The van der Waals surface area contributed by atoms with Crippen LogP contribution in [-0.4, -0.2) is 36.8 Å². The maximum atomic E-state index is 12.4. The van der Waals surface area contributed by atoms with E-state index in [1.165, 1.54) is 16.9 Å². The maximum Gasteiger partial charge on any atom is 0.270 e. The highest BCUT2D eigenvalue weighted by Crippen LogP contribution is 2.36. The number of carbonyl (C=O) groups is 1. The number of aliphatic hydroxyl groups excluding tert-OH is 1. The monoisotopic (exact) mass is 383 g/mol. The fourth-order valence-corrected chi connectivity index (χ4v) is 4.15. The van der Waals surface area contributed by atoms with Crippen LogP contribution in [0.3, 0.4) is 0 Å². The van der Waals surface area contributed by atoms with Crippen molar-refractivity contribution in [3.8, 4) is 0 Å². The Balaban J connectivity index is 1.31. The number of hydrogen-bond acceptors (Lipinski definition) is 6. The Morgan fingerprint density at radius 1 is 1.30 bits per heavy atom. The second-order valence-electron chi connectivity index (χ2n) is 6.82. The normalized spacial score (nSPS) is 18.9. The Morgan fingerprint density at radius 2 is 2.07 bits per heavy atom. The minimum absolute atomic E-state index is 0.120. The van der Waals surface area contributed by atoms with Gasteiger partial charge in [-0.25, -0.2) is 4.98 Å². The van der Waals surface area contributed by atoms with Crippen molar-refractivity contribution < 1.29 is 9.90 Å². The number of nitrogens with one attached hydrogen (secondary N) is 1. The van der Waals surface area contributed by atoms with Crippen LogP contribution in [0, 0.1) is 0 Å². The molecule has 4 rings (SSSR count). The standard InChI is InChI=1S/C19H21N5O2S/c1-24-16(10-25)22-23-18(24)13-8-14(9-13)20-19(26)15-11-27-17(21-15)7-12-5-3-2-4-6-12/h2-6,11,13-14,25H,7-10H2,1H3,(H,20,26). The van der Waals surface area contributed by atoms with Gasteiger partial charge in [0.25, 0.3) is 5.91 Å². The summed E-state index contributed by atoms with van der Waals surface area (Å²) in [6, 6.07) is 10.2. The van der Waals surface area contributed by atoms with Crippen molar-refractivity contribution >= 4 is 17.2 Å². The highest BCUT2D eigenvalue weighted by molar-refractivity contribution is 7.09. The number of thiazole rings is 1. The van der Waals surface area contributed by atoms with Crippen molar-refractivity contribution in [3.63, 3.8) is 0 Å². The molecule has 0 saturated heterocycles. The first-order valence-electron chi connectivity index (χ1n) is 8.92. The van der Waals surface area contributed by atoms with Gasteiger partial charge < -0.3 is 15.0 Å². The molecule has 7 nitrogen and oxygen atoms in total. The van der Waals surface area contributed by atoms with Crippen LogP contribution in [0.2, 0.25) is 0 Å². The molecule has 1 saturated carbocycles. The van der Waals surface area contributed by atoms with E-state index in [-0.39, 0.29) is 24.5 Å². The molecule has 2 N–H and O–H groups in total. The molecule has 0 unspecified atom stereocenters. The van der Waals surface area contributed by atoms with E-state index in [0.29, 0.717) is 11.5 Å². The summed E-state index contributed by atoms with van der Waals surface area (Å²) in [5, 5.41) is 23.1. The lowest BCUT2D eigenvalue weighted by atomic mass is 9.79. The van der Waals surface area contributed by atoms with Crippen LogP contribution in [0.1, 0.15) is 51.5 Å². The topological polar surface area (TPSA) is 92.9 Å². The Bertz CT molecular complexity index is 931. The van der Waals surface area contributed by atoms with Gasteiger partial charge in [-0.05, 0) is 18.4 Å². The SMILES string of the molecule is Cn1c(CO)nnc1C1CC(NC(=O)c2csc(Cc3ccccc3)n2)C1.